The third kappa shape index (κ3) is 3.20. The standard InChI is InChI=1S/C12H14BrNO/c1-9-6-4-5-7-11(9)12(15)14(3)8-10(2)13/h4-7H,2,8H2,1,3H3. The summed E-state index contributed by atoms with van der Waals surface area (Å²) < 4.78 is 0.798. The molecule has 1 amide bonds. The van der Waals surface area contributed by atoms with E-state index in [2.05, 4.69) is 22.5 Å². The summed E-state index contributed by atoms with van der Waals surface area (Å²) >= 11 is 3.25. The number of amides is 1. The van der Waals surface area contributed by atoms with Crippen LogP contribution in [-0.2, 0) is 0 Å². The number of rotatable bonds is 3. The predicted molar refractivity (Wildman–Crippen MR) is 66.2 cm³/mol. The highest BCUT2D eigenvalue weighted by Crippen LogP contribution is 2.11. The summed E-state index contributed by atoms with van der Waals surface area (Å²) in [5.41, 5.74) is 1.74. The molecule has 3 heteroatoms. The van der Waals surface area contributed by atoms with Crippen LogP contribution in [0.5, 0.6) is 0 Å². The third-order valence-corrected chi connectivity index (χ3v) is 2.38. The van der Waals surface area contributed by atoms with Crippen LogP contribution in [0.15, 0.2) is 35.3 Å². The molecule has 0 N–H and O–H groups in total. The van der Waals surface area contributed by atoms with Gasteiger partial charge in [-0.25, -0.2) is 0 Å². The molecule has 0 radical (unpaired) electrons. The van der Waals surface area contributed by atoms with E-state index in [1.54, 1.807) is 11.9 Å². The van der Waals surface area contributed by atoms with Crippen molar-refractivity contribution in [3.63, 3.8) is 0 Å². The molecule has 2 nitrogen and oxygen atoms in total. The number of halogens is 1. The van der Waals surface area contributed by atoms with Gasteiger partial charge in [-0.3, -0.25) is 4.79 Å². The smallest absolute Gasteiger partial charge is 0.254 e. The zero-order valence-electron chi connectivity index (χ0n) is 8.96. The van der Waals surface area contributed by atoms with Gasteiger partial charge in [0.1, 0.15) is 0 Å². The van der Waals surface area contributed by atoms with Crippen molar-refractivity contribution in [2.75, 3.05) is 13.6 Å². The molecule has 0 saturated heterocycles. The number of hydrogen-bond acceptors (Lipinski definition) is 1. The van der Waals surface area contributed by atoms with Gasteiger partial charge in [0.05, 0.1) is 6.54 Å². The Morgan fingerprint density at radius 1 is 1.47 bits per heavy atom. The largest absolute Gasteiger partial charge is 0.337 e. The van der Waals surface area contributed by atoms with E-state index in [9.17, 15) is 4.79 Å². The first kappa shape index (κ1) is 12.0. The molecule has 1 aromatic rings. The Morgan fingerprint density at radius 3 is 2.60 bits per heavy atom. The molecule has 1 aromatic carbocycles. The van der Waals surface area contributed by atoms with E-state index in [1.807, 2.05) is 31.2 Å². The fourth-order valence-electron chi connectivity index (χ4n) is 1.35. The van der Waals surface area contributed by atoms with Gasteiger partial charge in [0.15, 0.2) is 0 Å². The topological polar surface area (TPSA) is 20.3 Å². The molecule has 0 atom stereocenters. The molecular weight excluding hydrogens is 254 g/mol. The SMILES string of the molecule is C=C(Br)CN(C)C(=O)c1ccccc1C. The Labute approximate surface area is 98.7 Å². The molecule has 0 spiro atoms. The van der Waals surface area contributed by atoms with Gasteiger partial charge in [-0.2, -0.15) is 0 Å². The Bertz CT molecular complexity index is 387. The van der Waals surface area contributed by atoms with Crippen molar-refractivity contribution in [3.8, 4) is 0 Å². The molecule has 0 heterocycles. The zero-order valence-corrected chi connectivity index (χ0v) is 10.5. The van der Waals surface area contributed by atoms with Crippen molar-refractivity contribution >= 4 is 21.8 Å². The van der Waals surface area contributed by atoms with Crippen molar-refractivity contribution in [2.45, 2.75) is 6.92 Å². The first-order valence-electron chi connectivity index (χ1n) is 4.66. The van der Waals surface area contributed by atoms with Crippen LogP contribution in [0, 0.1) is 6.92 Å². The summed E-state index contributed by atoms with van der Waals surface area (Å²) in [6, 6.07) is 7.57. The molecule has 0 fully saturated rings. The highest BCUT2D eigenvalue weighted by atomic mass is 79.9. The number of carbonyl (C=O) groups is 1. The number of aryl methyl sites for hydroxylation is 1. The molecule has 0 aliphatic carbocycles. The minimum absolute atomic E-state index is 0.0219. The maximum absolute atomic E-state index is 12.0. The summed E-state index contributed by atoms with van der Waals surface area (Å²) in [4.78, 5) is 13.6. The number of hydrogen-bond donors (Lipinski definition) is 0. The highest BCUT2D eigenvalue weighted by molar-refractivity contribution is 9.11. The van der Waals surface area contributed by atoms with Crippen molar-refractivity contribution in [2.24, 2.45) is 0 Å². The monoisotopic (exact) mass is 267 g/mol. The lowest BCUT2D eigenvalue weighted by Crippen LogP contribution is -2.28. The highest BCUT2D eigenvalue weighted by Gasteiger charge is 2.13. The van der Waals surface area contributed by atoms with Crippen LogP contribution >= 0.6 is 15.9 Å². The fraction of sp³-hybridized carbons (Fsp3) is 0.250. The van der Waals surface area contributed by atoms with Crippen molar-refractivity contribution in [3.05, 3.63) is 46.5 Å². The Kier molecular flexibility index (Phi) is 4.09. The lowest BCUT2D eigenvalue weighted by atomic mass is 10.1. The van der Waals surface area contributed by atoms with Gasteiger partial charge in [0.2, 0.25) is 0 Å². The van der Waals surface area contributed by atoms with Crippen LogP contribution in [0.4, 0.5) is 0 Å². The van der Waals surface area contributed by atoms with Gasteiger partial charge in [0.25, 0.3) is 5.91 Å². The van der Waals surface area contributed by atoms with Gasteiger partial charge in [-0.05, 0) is 18.6 Å². The van der Waals surface area contributed by atoms with Crippen LogP contribution in [0.1, 0.15) is 15.9 Å². The van der Waals surface area contributed by atoms with Crippen LogP contribution in [0.25, 0.3) is 0 Å². The minimum Gasteiger partial charge on any atom is -0.337 e. The first-order chi connectivity index (χ1) is 7.02. The van der Waals surface area contributed by atoms with E-state index in [0.717, 1.165) is 15.6 Å². The zero-order chi connectivity index (χ0) is 11.4. The lowest BCUT2D eigenvalue weighted by molar-refractivity contribution is 0.0809. The van der Waals surface area contributed by atoms with Gasteiger partial charge >= 0.3 is 0 Å². The molecule has 0 aliphatic rings. The Balaban J connectivity index is 2.85. The summed E-state index contributed by atoms with van der Waals surface area (Å²) in [6.07, 6.45) is 0. The van der Waals surface area contributed by atoms with Gasteiger partial charge < -0.3 is 4.90 Å². The first-order valence-corrected chi connectivity index (χ1v) is 5.46. The second-order valence-electron chi connectivity index (χ2n) is 3.49. The molecule has 80 valence electrons. The fourth-order valence-corrected chi connectivity index (χ4v) is 1.72. The van der Waals surface area contributed by atoms with Crippen LogP contribution in [0.2, 0.25) is 0 Å². The molecule has 0 bridgehead atoms. The molecule has 15 heavy (non-hydrogen) atoms. The van der Waals surface area contributed by atoms with E-state index >= 15 is 0 Å². The van der Waals surface area contributed by atoms with E-state index < -0.39 is 0 Å². The molecule has 0 aromatic heterocycles. The van der Waals surface area contributed by atoms with E-state index in [0.29, 0.717) is 6.54 Å². The number of likely N-dealkylation sites (N-methyl/N-ethyl adjacent to an activating group) is 1. The van der Waals surface area contributed by atoms with E-state index in [1.165, 1.54) is 0 Å². The molecule has 0 unspecified atom stereocenters. The molecule has 0 aliphatic heterocycles. The quantitative estimate of drug-likeness (QED) is 0.825. The third-order valence-electron chi connectivity index (χ3n) is 2.13. The number of benzene rings is 1. The van der Waals surface area contributed by atoms with Crippen molar-refractivity contribution < 1.29 is 4.79 Å². The van der Waals surface area contributed by atoms with Crippen molar-refractivity contribution in [1.82, 2.24) is 4.90 Å². The number of nitrogens with zero attached hydrogens (tertiary/aromatic N) is 1. The van der Waals surface area contributed by atoms with E-state index in [-0.39, 0.29) is 5.91 Å². The maximum Gasteiger partial charge on any atom is 0.254 e. The van der Waals surface area contributed by atoms with Crippen molar-refractivity contribution in [1.29, 1.82) is 0 Å². The maximum atomic E-state index is 12.0. The summed E-state index contributed by atoms with van der Waals surface area (Å²) in [5, 5.41) is 0. The van der Waals surface area contributed by atoms with Gasteiger partial charge in [0, 0.05) is 17.1 Å². The van der Waals surface area contributed by atoms with Gasteiger partial charge in [-0.15, -0.1) is 0 Å². The molecular formula is C12H14BrNO. The second kappa shape index (κ2) is 5.12. The van der Waals surface area contributed by atoms with Crippen LogP contribution < -0.4 is 0 Å². The average molecular weight is 268 g/mol. The summed E-state index contributed by atoms with van der Waals surface area (Å²) in [7, 11) is 1.77. The lowest BCUT2D eigenvalue weighted by Gasteiger charge is -2.17. The van der Waals surface area contributed by atoms with E-state index in [4.69, 9.17) is 0 Å². The Hall–Kier alpha value is -1.09. The predicted octanol–water partition coefficient (Wildman–Crippen LogP) is 2.98. The second-order valence-corrected chi connectivity index (χ2v) is 4.61. The molecule has 0 saturated carbocycles. The summed E-state index contributed by atoms with van der Waals surface area (Å²) in [5.74, 6) is 0.0219. The van der Waals surface area contributed by atoms with Gasteiger partial charge in [-0.1, -0.05) is 40.7 Å². The minimum atomic E-state index is 0.0219. The van der Waals surface area contributed by atoms with Crippen LogP contribution in [0.3, 0.4) is 0 Å². The normalized spacial score (nSPS) is 9.80. The number of carbonyl (C=O) groups excluding carboxylic acids is 1. The summed E-state index contributed by atoms with van der Waals surface area (Å²) in [6.45, 7) is 6.17. The Morgan fingerprint density at radius 2 is 2.07 bits per heavy atom. The average Bonchev–Trinajstić information content (AvgIpc) is 2.16. The van der Waals surface area contributed by atoms with Crippen LogP contribution in [-0.4, -0.2) is 24.4 Å². The molecule has 1 rings (SSSR count).